The number of anilines is 1. The number of nitrogens with one attached hydrogen (secondary N) is 1. The number of aromatic nitrogens is 2. The van der Waals surface area contributed by atoms with Gasteiger partial charge < -0.3 is 10.4 Å². The van der Waals surface area contributed by atoms with Gasteiger partial charge in [-0.3, -0.25) is 14.8 Å². The van der Waals surface area contributed by atoms with Crippen LogP contribution < -0.4 is 5.32 Å². The minimum absolute atomic E-state index is 0.0793. The lowest BCUT2D eigenvalue weighted by atomic mass is 10.1. The third-order valence-corrected chi connectivity index (χ3v) is 3.28. The number of hydrogen-bond acceptors (Lipinski definition) is 5. The number of rotatable bonds is 6. The molecule has 0 bridgehead atoms. The lowest BCUT2D eigenvalue weighted by molar-refractivity contribution is -0.385. The van der Waals surface area contributed by atoms with Gasteiger partial charge in [0.2, 0.25) is 0 Å². The van der Waals surface area contributed by atoms with Crippen molar-refractivity contribution in [3.8, 4) is 0 Å². The molecule has 0 saturated carbocycles. The Bertz CT molecular complexity index is 639. The van der Waals surface area contributed by atoms with Gasteiger partial charge in [0.1, 0.15) is 12.4 Å². The second-order valence-electron chi connectivity index (χ2n) is 5.01. The number of hydrogen-bond donors (Lipinski definition) is 2. The summed E-state index contributed by atoms with van der Waals surface area (Å²) in [5, 5.41) is 27.5. The molecule has 7 nitrogen and oxygen atoms in total. The minimum Gasteiger partial charge on any atom is -0.389 e. The van der Waals surface area contributed by atoms with Crippen LogP contribution in [-0.2, 0) is 6.54 Å². The second-order valence-corrected chi connectivity index (χ2v) is 5.01. The fraction of sp³-hybridized carbons (Fsp3) is 0.357. The molecule has 0 radical (unpaired) electrons. The maximum absolute atomic E-state index is 10.5. The number of nitro groups is 1. The molecule has 21 heavy (non-hydrogen) atoms. The molecule has 0 amide bonds. The van der Waals surface area contributed by atoms with Crippen molar-refractivity contribution in [3.63, 3.8) is 0 Å². The summed E-state index contributed by atoms with van der Waals surface area (Å²) in [6, 6.07) is 5.98. The predicted octanol–water partition coefficient (Wildman–Crippen LogP) is 1.88. The Morgan fingerprint density at radius 1 is 1.43 bits per heavy atom. The van der Waals surface area contributed by atoms with E-state index >= 15 is 0 Å². The Kier molecular flexibility index (Phi) is 4.54. The van der Waals surface area contributed by atoms with Gasteiger partial charge in [-0.15, -0.1) is 0 Å². The summed E-state index contributed by atoms with van der Waals surface area (Å²) in [4.78, 5) is 10.0. The van der Waals surface area contributed by atoms with E-state index in [4.69, 9.17) is 0 Å². The van der Waals surface area contributed by atoms with Gasteiger partial charge in [0, 0.05) is 12.2 Å². The zero-order valence-electron chi connectivity index (χ0n) is 12.0. The standard InChI is InChI=1S/C14H18N4O3/c1-10-3-4-12(5-11(10)2)15-7-14(19)9-17-8-13(6-16-17)18(20)21/h3-6,8,14-15,19H,7,9H2,1-2H3. The van der Waals surface area contributed by atoms with Crippen molar-refractivity contribution in [3.05, 3.63) is 51.8 Å². The molecular formula is C14H18N4O3. The first-order valence-electron chi connectivity index (χ1n) is 6.62. The van der Waals surface area contributed by atoms with Gasteiger partial charge in [0.25, 0.3) is 0 Å². The van der Waals surface area contributed by atoms with Crippen LogP contribution in [0.25, 0.3) is 0 Å². The van der Waals surface area contributed by atoms with E-state index in [1.165, 1.54) is 28.2 Å². The highest BCUT2D eigenvalue weighted by molar-refractivity contribution is 5.48. The summed E-state index contributed by atoms with van der Waals surface area (Å²) in [5.74, 6) is 0. The number of aryl methyl sites for hydroxylation is 2. The predicted molar refractivity (Wildman–Crippen MR) is 79.3 cm³/mol. The van der Waals surface area contributed by atoms with Gasteiger partial charge in [-0.25, -0.2) is 0 Å². The van der Waals surface area contributed by atoms with E-state index in [-0.39, 0.29) is 12.2 Å². The molecule has 2 rings (SSSR count). The maximum Gasteiger partial charge on any atom is 0.306 e. The van der Waals surface area contributed by atoms with Crippen molar-refractivity contribution in [2.45, 2.75) is 26.5 Å². The van der Waals surface area contributed by atoms with Crippen molar-refractivity contribution in [1.82, 2.24) is 9.78 Å². The van der Waals surface area contributed by atoms with E-state index < -0.39 is 11.0 Å². The number of benzene rings is 1. The van der Waals surface area contributed by atoms with E-state index in [0.717, 1.165) is 5.69 Å². The van der Waals surface area contributed by atoms with Crippen LogP contribution in [-0.4, -0.2) is 32.5 Å². The summed E-state index contributed by atoms with van der Waals surface area (Å²) < 4.78 is 1.37. The van der Waals surface area contributed by atoms with Crippen molar-refractivity contribution in [2.24, 2.45) is 0 Å². The van der Waals surface area contributed by atoms with Crippen LogP contribution in [0.3, 0.4) is 0 Å². The highest BCUT2D eigenvalue weighted by atomic mass is 16.6. The molecule has 0 aliphatic carbocycles. The summed E-state index contributed by atoms with van der Waals surface area (Å²) in [5.41, 5.74) is 3.25. The summed E-state index contributed by atoms with van der Waals surface area (Å²) >= 11 is 0. The number of aliphatic hydroxyl groups is 1. The lowest BCUT2D eigenvalue weighted by Crippen LogP contribution is -2.25. The molecule has 1 aromatic carbocycles. The Balaban J connectivity index is 1.87. The van der Waals surface area contributed by atoms with Gasteiger partial charge in [-0.1, -0.05) is 6.07 Å². The molecule has 1 unspecified atom stereocenters. The average Bonchev–Trinajstić information content (AvgIpc) is 2.89. The van der Waals surface area contributed by atoms with E-state index in [1.807, 2.05) is 32.0 Å². The molecule has 1 aromatic heterocycles. The van der Waals surface area contributed by atoms with Crippen LogP contribution in [0, 0.1) is 24.0 Å². The quantitative estimate of drug-likeness (QED) is 0.626. The Labute approximate surface area is 122 Å². The van der Waals surface area contributed by atoms with Crippen LogP contribution in [0.1, 0.15) is 11.1 Å². The van der Waals surface area contributed by atoms with E-state index in [9.17, 15) is 15.2 Å². The largest absolute Gasteiger partial charge is 0.389 e. The molecule has 112 valence electrons. The van der Waals surface area contributed by atoms with Gasteiger partial charge in [0.15, 0.2) is 0 Å². The third-order valence-electron chi connectivity index (χ3n) is 3.28. The Morgan fingerprint density at radius 2 is 2.19 bits per heavy atom. The topological polar surface area (TPSA) is 93.2 Å². The SMILES string of the molecule is Cc1ccc(NCC(O)Cn2cc([N+](=O)[O-])cn2)cc1C. The molecule has 1 heterocycles. The van der Waals surface area contributed by atoms with Crippen LogP contribution in [0.5, 0.6) is 0 Å². The van der Waals surface area contributed by atoms with E-state index in [2.05, 4.69) is 10.4 Å². The van der Waals surface area contributed by atoms with Gasteiger partial charge in [0.05, 0.1) is 17.6 Å². The molecule has 0 fully saturated rings. The fourth-order valence-electron chi connectivity index (χ4n) is 1.91. The van der Waals surface area contributed by atoms with Crippen LogP contribution in [0.15, 0.2) is 30.6 Å². The van der Waals surface area contributed by atoms with E-state index in [1.54, 1.807) is 0 Å². The van der Waals surface area contributed by atoms with Crippen LogP contribution in [0.4, 0.5) is 11.4 Å². The Hall–Kier alpha value is -2.41. The molecule has 1 atom stereocenters. The highest BCUT2D eigenvalue weighted by Gasteiger charge is 2.11. The normalized spacial score (nSPS) is 12.1. The maximum atomic E-state index is 10.5. The molecule has 0 spiro atoms. The van der Waals surface area contributed by atoms with Gasteiger partial charge in [-0.05, 0) is 37.1 Å². The first-order valence-corrected chi connectivity index (χ1v) is 6.62. The summed E-state index contributed by atoms with van der Waals surface area (Å²) in [6.07, 6.45) is 1.79. The number of aliphatic hydroxyl groups excluding tert-OH is 1. The summed E-state index contributed by atoms with van der Waals surface area (Å²) in [6.45, 7) is 4.61. The highest BCUT2D eigenvalue weighted by Crippen LogP contribution is 2.14. The van der Waals surface area contributed by atoms with Crippen molar-refractivity contribution < 1.29 is 10.0 Å². The molecule has 0 aliphatic heterocycles. The van der Waals surface area contributed by atoms with Crippen molar-refractivity contribution in [1.29, 1.82) is 0 Å². The number of nitrogens with zero attached hydrogens (tertiary/aromatic N) is 3. The molecular weight excluding hydrogens is 272 g/mol. The van der Waals surface area contributed by atoms with Crippen LogP contribution >= 0.6 is 0 Å². The smallest absolute Gasteiger partial charge is 0.306 e. The molecule has 0 saturated heterocycles. The first-order chi connectivity index (χ1) is 9.95. The monoisotopic (exact) mass is 290 g/mol. The zero-order chi connectivity index (χ0) is 15.4. The molecule has 7 heteroatoms. The van der Waals surface area contributed by atoms with Gasteiger partial charge in [-0.2, -0.15) is 5.10 Å². The molecule has 2 N–H and O–H groups in total. The van der Waals surface area contributed by atoms with Crippen molar-refractivity contribution in [2.75, 3.05) is 11.9 Å². The zero-order valence-corrected chi connectivity index (χ0v) is 12.0. The lowest BCUT2D eigenvalue weighted by Gasteiger charge is -2.13. The third kappa shape index (κ3) is 4.03. The first kappa shape index (κ1) is 15.0. The minimum atomic E-state index is -0.689. The molecule has 0 aliphatic rings. The fourth-order valence-corrected chi connectivity index (χ4v) is 1.91. The van der Waals surface area contributed by atoms with Crippen molar-refractivity contribution >= 4 is 11.4 Å². The van der Waals surface area contributed by atoms with Crippen LogP contribution in [0.2, 0.25) is 0 Å². The van der Waals surface area contributed by atoms with E-state index in [0.29, 0.717) is 6.54 Å². The summed E-state index contributed by atoms with van der Waals surface area (Å²) in [7, 11) is 0. The Morgan fingerprint density at radius 3 is 2.81 bits per heavy atom. The second kappa shape index (κ2) is 6.36. The average molecular weight is 290 g/mol. The molecule has 2 aromatic rings. The van der Waals surface area contributed by atoms with Gasteiger partial charge >= 0.3 is 5.69 Å².